The van der Waals surface area contributed by atoms with E-state index < -0.39 is 0 Å². The van der Waals surface area contributed by atoms with Crippen LogP contribution in [0.3, 0.4) is 0 Å². The molecule has 0 fully saturated rings. The lowest BCUT2D eigenvalue weighted by Crippen LogP contribution is -2.27. The Kier molecular flexibility index (Phi) is 8.60. The number of benzene rings is 1. The fourth-order valence-electron chi connectivity index (χ4n) is 2.62. The standard InChI is InChI=1S/C19H32FN/c1-15(2)6-5-7-18(14-21-13-16(3)4)12-17-8-10-19(20)11-9-17/h8-11,15-16,18,21H,5-7,12-14H2,1-4H3. The number of hydrogen-bond acceptors (Lipinski definition) is 1. The molecule has 1 unspecified atom stereocenters. The highest BCUT2D eigenvalue weighted by molar-refractivity contribution is 5.16. The zero-order chi connectivity index (χ0) is 15.7. The van der Waals surface area contributed by atoms with Gasteiger partial charge in [-0.05, 0) is 61.4 Å². The summed E-state index contributed by atoms with van der Waals surface area (Å²) in [6.07, 6.45) is 4.88. The number of hydrogen-bond donors (Lipinski definition) is 1. The fourth-order valence-corrected chi connectivity index (χ4v) is 2.62. The van der Waals surface area contributed by atoms with E-state index in [2.05, 4.69) is 33.0 Å². The molecule has 1 rings (SSSR count). The van der Waals surface area contributed by atoms with E-state index in [1.54, 1.807) is 12.1 Å². The van der Waals surface area contributed by atoms with Crippen molar-refractivity contribution < 1.29 is 4.39 Å². The molecule has 0 radical (unpaired) electrons. The van der Waals surface area contributed by atoms with Crippen LogP contribution in [0.25, 0.3) is 0 Å². The summed E-state index contributed by atoms with van der Waals surface area (Å²) in [6.45, 7) is 11.2. The van der Waals surface area contributed by atoms with Gasteiger partial charge in [0.25, 0.3) is 0 Å². The van der Waals surface area contributed by atoms with Crippen LogP contribution in [0.2, 0.25) is 0 Å². The van der Waals surface area contributed by atoms with Crippen LogP contribution >= 0.6 is 0 Å². The van der Waals surface area contributed by atoms with Crippen LogP contribution in [0.5, 0.6) is 0 Å². The van der Waals surface area contributed by atoms with E-state index in [0.29, 0.717) is 11.8 Å². The van der Waals surface area contributed by atoms with Crippen LogP contribution < -0.4 is 5.32 Å². The van der Waals surface area contributed by atoms with E-state index in [1.807, 2.05) is 12.1 Å². The van der Waals surface area contributed by atoms with Crippen molar-refractivity contribution in [3.05, 3.63) is 35.6 Å². The van der Waals surface area contributed by atoms with Gasteiger partial charge in [-0.15, -0.1) is 0 Å². The van der Waals surface area contributed by atoms with Gasteiger partial charge in [0.15, 0.2) is 0 Å². The molecule has 1 aromatic carbocycles. The van der Waals surface area contributed by atoms with Gasteiger partial charge < -0.3 is 5.32 Å². The zero-order valence-electron chi connectivity index (χ0n) is 14.2. The molecule has 0 amide bonds. The van der Waals surface area contributed by atoms with E-state index in [9.17, 15) is 4.39 Å². The molecule has 120 valence electrons. The summed E-state index contributed by atoms with van der Waals surface area (Å²) < 4.78 is 13.0. The molecule has 0 saturated carbocycles. The summed E-state index contributed by atoms with van der Waals surface area (Å²) in [5.74, 6) is 1.97. The van der Waals surface area contributed by atoms with Crippen molar-refractivity contribution in [2.75, 3.05) is 13.1 Å². The maximum atomic E-state index is 13.0. The van der Waals surface area contributed by atoms with Gasteiger partial charge in [-0.25, -0.2) is 4.39 Å². The number of halogens is 1. The number of nitrogens with one attached hydrogen (secondary N) is 1. The van der Waals surface area contributed by atoms with Crippen molar-refractivity contribution in [2.45, 2.75) is 53.4 Å². The van der Waals surface area contributed by atoms with E-state index in [4.69, 9.17) is 0 Å². The summed E-state index contributed by atoms with van der Waals surface area (Å²) >= 11 is 0. The summed E-state index contributed by atoms with van der Waals surface area (Å²) in [4.78, 5) is 0. The van der Waals surface area contributed by atoms with Crippen LogP contribution in [0.4, 0.5) is 4.39 Å². The van der Waals surface area contributed by atoms with Gasteiger partial charge in [-0.1, -0.05) is 52.7 Å². The first-order valence-corrected chi connectivity index (χ1v) is 8.42. The van der Waals surface area contributed by atoms with Crippen LogP contribution in [0, 0.1) is 23.6 Å². The maximum Gasteiger partial charge on any atom is 0.123 e. The van der Waals surface area contributed by atoms with Crippen LogP contribution in [-0.2, 0) is 6.42 Å². The predicted molar refractivity (Wildman–Crippen MR) is 90.0 cm³/mol. The van der Waals surface area contributed by atoms with E-state index in [1.165, 1.54) is 24.8 Å². The lowest BCUT2D eigenvalue weighted by molar-refractivity contribution is 0.396. The van der Waals surface area contributed by atoms with E-state index >= 15 is 0 Å². The largest absolute Gasteiger partial charge is 0.316 e. The minimum absolute atomic E-state index is 0.145. The van der Waals surface area contributed by atoms with Gasteiger partial charge in [-0.3, -0.25) is 0 Å². The second-order valence-corrected chi connectivity index (χ2v) is 7.07. The molecule has 0 heterocycles. The van der Waals surface area contributed by atoms with Crippen molar-refractivity contribution in [3.8, 4) is 0 Å². The minimum Gasteiger partial charge on any atom is -0.316 e. The molecule has 0 aromatic heterocycles. The van der Waals surface area contributed by atoms with E-state index in [0.717, 1.165) is 25.4 Å². The third-order valence-corrected chi connectivity index (χ3v) is 3.82. The number of rotatable bonds is 10. The molecule has 1 aromatic rings. The SMILES string of the molecule is CC(C)CCCC(CNCC(C)C)Cc1ccc(F)cc1. The minimum atomic E-state index is -0.145. The van der Waals surface area contributed by atoms with Crippen molar-refractivity contribution in [1.29, 1.82) is 0 Å². The Labute approximate surface area is 130 Å². The van der Waals surface area contributed by atoms with Crippen molar-refractivity contribution in [3.63, 3.8) is 0 Å². The molecule has 21 heavy (non-hydrogen) atoms. The maximum absolute atomic E-state index is 13.0. The molecule has 2 heteroatoms. The Morgan fingerprint density at radius 1 is 0.905 bits per heavy atom. The second-order valence-electron chi connectivity index (χ2n) is 7.07. The summed E-state index contributed by atoms with van der Waals surface area (Å²) in [5, 5.41) is 3.58. The first-order chi connectivity index (χ1) is 9.97. The highest BCUT2D eigenvalue weighted by atomic mass is 19.1. The molecule has 0 saturated heterocycles. The summed E-state index contributed by atoms with van der Waals surface area (Å²) in [5.41, 5.74) is 1.25. The molecule has 1 N–H and O–H groups in total. The van der Waals surface area contributed by atoms with Crippen molar-refractivity contribution in [1.82, 2.24) is 5.32 Å². The van der Waals surface area contributed by atoms with Crippen molar-refractivity contribution >= 4 is 0 Å². The molecule has 0 bridgehead atoms. The highest BCUT2D eigenvalue weighted by Gasteiger charge is 2.10. The van der Waals surface area contributed by atoms with Gasteiger partial charge in [0, 0.05) is 0 Å². The Hall–Kier alpha value is -0.890. The summed E-state index contributed by atoms with van der Waals surface area (Å²) in [7, 11) is 0. The molecule has 0 spiro atoms. The third-order valence-electron chi connectivity index (χ3n) is 3.82. The lowest BCUT2D eigenvalue weighted by Gasteiger charge is -2.19. The Bertz CT molecular complexity index is 356. The average molecular weight is 293 g/mol. The van der Waals surface area contributed by atoms with Crippen LogP contribution in [0.1, 0.15) is 52.5 Å². The van der Waals surface area contributed by atoms with Crippen LogP contribution in [-0.4, -0.2) is 13.1 Å². The molecule has 0 aliphatic carbocycles. The van der Waals surface area contributed by atoms with Crippen molar-refractivity contribution in [2.24, 2.45) is 17.8 Å². The van der Waals surface area contributed by atoms with Gasteiger partial charge in [0.05, 0.1) is 0 Å². The lowest BCUT2D eigenvalue weighted by atomic mass is 9.92. The van der Waals surface area contributed by atoms with Gasteiger partial charge >= 0.3 is 0 Å². The Morgan fingerprint density at radius 2 is 1.57 bits per heavy atom. The summed E-state index contributed by atoms with van der Waals surface area (Å²) in [6, 6.07) is 6.99. The monoisotopic (exact) mass is 293 g/mol. The Morgan fingerprint density at radius 3 is 2.14 bits per heavy atom. The second kappa shape index (κ2) is 9.94. The Balaban J connectivity index is 2.47. The molecule has 1 nitrogen and oxygen atoms in total. The highest BCUT2D eigenvalue weighted by Crippen LogP contribution is 2.17. The molecular weight excluding hydrogens is 261 g/mol. The van der Waals surface area contributed by atoms with E-state index in [-0.39, 0.29) is 5.82 Å². The molecule has 1 atom stereocenters. The predicted octanol–water partition coefficient (Wildman–Crippen LogP) is 5.06. The van der Waals surface area contributed by atoms with Gasteiger partial charge in [0.1, 0.15) is 5.82 Å². The fraction of sp³-hybridized carbons (Fsp3) is 0.684. The third kappa shape index (κ3) is 8.87. The first-order valence-electron chi connectivity index (χ1n) is 8.42. The smallest absolute Gasteiger partial charge is 0.123 e. The molecular formula is C19H32FN. The molecule has 0 aliphatic rings. The quantitative estimate of drug-likeness (QED) is 0.636. The first kappa shape index (κ1) is 18.2. The normalized spacial score (nSPS) is 13.1. The average Bonchev–Trinajstić information content (AvgIpc) is 2.40. The zero-order valence-corrected chi connectivity index (χ0v) is 14.2. The topological polar surface area (TPSA) is 12.0 Å². The van der Waals surface area contributed by atoms with Crippen LogP contribution in [0.15, 0.2) is 24.3 Å². The van der Waals surface area contributed by atoms with Gasteiger partial charge in [-0.2, -0.15) is 0 Å². The van der Waals surface area contributed by atoms with Gasteiger partial charge in [0.2, 0.25) is 0 Å². The molecule has 0 aliphatic heterocycles.